The summed E-state index contributed by atoms with van der Waals surface area (Å²) in [6, 6.07) is 0. The average molecular weight is 667 g/mol. The minimum Gasteiger partial charge on any atom is -0.394 e. The van der Waals surface area contributed by atoms with Gasteiger partial charge >= 0.3 is 0 Å². The Balaban J connectivity index is 1.43. The van der Waals surface area contributed by atoms with Crippen LogP contribution < -0.4 is 0 Å². The zero-order valence-corrected chi connectivity index (χ0v) is 23.5. The molecule has 4 saturated heterocycles. The fourth-order valence-corrected chi connectivity index (χ4v) is 5.55. The lowest BCUT2D eigenvalue weighted by Gasteiger charge is -2.49. The van der Waals surface area contributed by atoms with Gasteiger partial charge in [0.05, 0.1) is 26.4 Å². The number of rotatable bonds is 10. The predicted octanol–water partition coefficient (Wildman–Crippen LogP) is -9.75. The molecule has 0 spiro atoms. The third-order valence-electron chi connectivity index (χ3n) is 8.20. The first-order valence-corrected chi connectivity index (χ1v) is 14.1. The Hall–Kier alpha value is -0.840. The third-order valence-corrected chi connectivity index (χ3v) is 8.20. The van der Waals surface area contributed by atoms with Crippen molar-refractivity contribution in [3.63, 3.8) is 0 Å². The van der Waals surface area contributed by atoms with Gasteiger partial charge in [0.1, 0.15) is 97.7 Å². The first-order chi connectivity index (χ1) is 21.3. The lowest BCUT2D eigenvalue weighted by Crippen LogP contribution is -2.67. The molecule has 20 atom stereocenters. The first kappa shape index (κ1) is 37.0. The lowest BCUT2D eigenvalue weighted by molar-refractivity contribution is -0.387. The summed E-state index contributed by atoms with van der Waals surface area (Å²) in [6.45, 7) is -3.39. The molecule has 4 fully saturated rings. The van der Waals surface area contributed by atoms with Gasteiger partial charge in [0.25, 0.3) is 0 Å². The van der Waals surface area contributed by atoms with E-state index in [1.165, 1.54) is 0 Å². The second-order valence-corrected chi connectivity index (χ2v) is 11.1. The molecule has 0 aromatic heterocycles. The maximum absolute atomic E-state index is 10.9. The molecule has 21 heteroatoms. The maximum atomic E-state index is 10.9. The second-order valence-electron chi connectivity index (χ2n) is 11.1. The van der Waals surface area contributed by atoms with Gasteiger partial charge in [-0.05, 0) is 0 Å². The van der Waals surface area contributed by atoms with Crippen LogP contribution in [0.1, 0.15) is 0 Å². The highest BCUT2D eigenvalue weighted by molar-refractivity contribution is 4.97. The van der Waals surface area contributed by atoms with E-state index in [9.17, 15) is 71.5 Å². The zero-order valence-electron chi connectivity index (χ0n) is 23.5. The molecule has 4 rings (SSSR count). The van der Waals surface area contributed by atoms with Crippen LogP contribution in [0.15, 0.2) is 0 Å². The van der Waals surface area contributed by atoms with Crippen molar-refractivity contribution in [2.24, 2.45) is 0 Å². The Labute approximate surface area is 254 Å². The summed E-state index contributed by atoms with van der Waals surface area (Å²) in [6.07, 6.45) is -35.3. The van der Waals surface area contributed by atoms with Crippen molar-refractivity contribution in [3.8, 4) is 0 Å². The second kappa shape index (κ2) is 15.6. The first-order valence-electron chi connectivity index (χ1n) is 14.1. The molecule has 4 aliphatic heterocycles. The van der Waals surface area contributed by atoms with Crippen LogP contribution in [0.4, 0.5) is 0 Å². The normalized spacial score (nSPS) is 52.9. The van der Waals surface area contributed by atoms with Crippen molar-refractivity contribution in [1.29, 1.82) is 0 Å². The van der Waals surface area contributed by atoms with Gasteiger partial charge in [-0.15, -0.1) is 0 Å². The number of hydrogen-bond donors (Lipinski definition) is 14. The van der Waals surface area contributed by atoms with Gasteiger partial charge in [0, 0.05) is 0 Å². The topological polar surface area (TPSA) is 348 Å². The fraction of sp³-hybridized carbons (Fsp3) is 1.00. The smallest absolute Gasteiger partial charge is 0.187 e. The third kappa shape index (κ3) is 7.44. The van der Waals surface area contributed by atoms with Crippen LogP contribution in [0.25, 0.3) is 0 Å². The molecule has 8 unspecified atom stereocenters. The van der Waals surface area contributed by atoms with Gasteiger partial charge < -0.3 is 105 Å². The number of ether oxygens (including phenoxy) is 7. The van der Waals surface area contributed by atoms with Crippen LogP contribution >= 0.6 is 0 Å². The quantitative estimate of drug-likeness (QED) is 0.103. The largest absolute Gasteiger partial charge is 0.394 e. The van der Waals surface area contributed by atoms with Crippen LogP contribution in [0.5, 0.6) is 0 Å². The Morgan fingerprint density at radius 3 is 1.02 bits per heavy atom. The minimum absolute atomic E-state index is 0.784. The summed E-state index contributed by atoms with van der Waals surface area (Å²) < 4.78 is 37.7. The summed E-state index contributed by atoms with van der Waals surface area (Å²) in [7, 11) is 0. The summed E-state index contributed by atoms with van der Waals surface area (Å²) in [4.78, 5) is 0. The van der Waals surface area contributed by atoms with E-state index in [4.69, 9.17) is 33.2 Å². The summed E-state index contributed by atoms with van der Waals surface area (Å²) in [5.41, 5.74) is 0. The van der Waals surface area contributed by atoms with Crippen LogP contribution in [0, 0.1) is 0 Å². The highest BCUT2D eigenvalue weighted by atomic mass is 16.8. The molecule has 0 bridgehead atoms. The van der Waals surface area contributed by atoms with E-state index in [2.05, 4.69) is 0 Å². The molecule has 264 valence electrons. The molecule has 0 aromatic rings. The number of aliphatic hydroxyl groups excluding tert-OH is 14. The average Bonchev–Trinajstić information content (AvgIpc) is 3.03. The predicted molar refractivity (Wildman–Crippen MR) is 134 cm³/mol. The van der Waals surface area contributed by atoms with E-state index < -0.39 is 149 Å². The molecule has 0 aromatic carbocycles. The van der Waals surface area contributed by atoms with Gasteiger partial charge in [-0.2, -0.15) is 0 Å². The van der Waals surface area contributed by atoms with E-state index in [-0.39, 0.29) is 0 Å². The molecule has 14 N–H and O–H groups in total. The fourth-order valence-electron chi connectivity index (χ4n) is 5.55. The SMILES string of the molecule is OCC1O[C@@H](O[C@H]2C(O)C(O)[C@H](O[C@@H]3C(CO)O[C@@H](O)C(O)[C@H]3O)O[C@H]2CO)[C@@H](O)C(O)[C@@H]1O[C@@H]1O[C@@H](CO)[C@@H](O)C(O)C1O. The minimum atomic E-state index is -2.02. The Morgan fingerprint density at radius 1 is 0.333 bits per heavy atom. The Bertz CT molecular complexity index is 910. The Morgan fingerprint density at radius 2 is 0.644 bits per heavy atom. The molecular formula is C24H42O21. The standard InChI is InChI=1S/C24H42O21/c25-1-5-9(29)10(30)15(35)22(40-5)44-19-7(3-27)42-24(17(37)12(19)32)45-20-8(4-28)41-23(16(36)13(20)33)43-18-6(2-26)39-21(38)14(34)11(18)31/h5-38H,1-4H2/t5-,6?,7?,8-,9+,10?,11+,12?,13?,14?,15?,16?,17-,18+,19+,20+,21+,22-,23-,24-/m0/s1. The summed E-state index contributed by atoms with van der Waals surface area (Å²) in [5, 5.41) is 142. The van der Waals surface area contributed by atoms with Gasteiger partial charge in [-0.25, -0.2) is 0 Å². The Kier molecular flexibility index (Phi) is 12.8. The van der Waals surface area contributed by atoms with Crippen molar-refractivity contribution < 1.29 is 105 Å². The molecule has 0 aliphatic carbocycles. The van der Waals surface area contributed by atoms with Crippen molar-refractivity contribution in [1.82, 2.24) is 0 Å². The molecule has 4 heterocycles. The zero-order chi connectivity index (χ0) is 33.3. The van der Waals surface area contributed by atoms with Crippen molar-refractivity contribution in [2.75, 3.05) is 26.4 Å². The van der Waals surface area contributed by atoms with Gasteiger partial charge in [0.15, 0.2) is 25.2 Å². The van der Waals surface area contributed by atoms with E-state index in [0.29, 0.717) is 0 Å². The van der Waals surface area contributed by atoms with E-state index in [1.54, 1.807) is 0 Å². The van der Waals surface area contributed by atoms with Crippen molar-refractivity contribution >= 4 is 0 Å². The molecule has 0 saturated carbocycles. The van der Waals surface area contributed by atoms with Gasteiger partial charge in [-0.1, -0.05) is 0 Å². The molecule has 21 nitrogen and oxygen atoms in total. The highest BCUT2D eigenvalue weighted by Gasteiger charge is 2.55. The molecular weight excluding hydrogens is 624 g/mol. The number of hydrogen-bond acceptors (Lipinski definition) is 21. The molecule has 0 amide bonds. The number of aliphatic hydroxyl groups is 14. The van der Waals surface area contributed by atoms with Crippen LogP contribution in [0.3, 0.4) is 0 Å². The van der Waals surface area contributed by atoms with Gasteiger partial charge in [0.2, 0.25) is 0 Å². The lowest BCUT2D eigenvalue weighted by atomic mass is 9.95. The molecule has 0 radical (unpaired) electrons. The molecule has 45 heavy (non-hydrogen) atoms. The summed E-state index contributed by atoms with van der Waals surface area (Å²) in [5.74, 6) is 0. The van der Waals surface area contributed by atoms with Crippen LogP contribution in [0.2, 0.25) is 0 Å². The monoisotopic (exact) mass is 666 g/mol. The van der Waals surface area contributed by atoms with E-state index in [1.807, 2.05) is 0 Å². The van der Waals surface area contributed by atoms with E-state index >= 15 is 0 Å². The van der Waals surface area contributed by atoms with Crippen molar-refractivity contribution in [3.05, 3.63) is 0 Å². The van der Waals surface area contributed by atoms with E-state index in [0.717, 1.165) is 0 Å². The van der Waals surface area contributed by atoms with Gasteiger partial charge in [-0.3, -0.25) is 0 Å². The maximum Gasteiger partial charge on any atom is 0.187 e. The van der Waals surface area contributed by atoms with Crippen molar-refractivity contribution in [2.45, 2.75) is 123 Å². The van der Waals surface area contributed by atoms with Crippen LogP contribution in [-0.2, 0) is 33.2 Å². The highest BCUT2D eigenvalue weighted by Crippen LogP contribution is 2.34. The summed E-state index contributed by atoms with van der Waals surface area (Å²) >= 11 is 0. The molecule has 4 aliphatic rings. The van der Waals surface area contributed by atoms with Crippen LogP contribution in [-0.4, -0.2) is 221 Å².